The molecule has 3 amide bonds. The lowest BCUT2D eigenvalue weighted by atomic mass is 9.71. The third kappa shape index (κ3) is 3.57. The van der Waals surface area contributed by atoms with Crippen molar-refractivity contribution >= 4 is 23.4 Å². The topological polar surface area (TPSA) is 78.5 Å². The van der Waals surface area contributed by atoms with Crippen LogP contribution in [-0.4, -0.2) is 42.3 Å². The molecule has 25 heavy (non-hydrogen) atoms. The lowest BCUT2D eigenvalue weighted by Crippen LogP contribution is -2.51. The van der Waals surface area contributed by atoms with Crippen LogP contribution in [0.15, 0.2) is 36.9 Å². The molecule has 1 aromatic carbocycles. The fraction of sp³-hybridized carbons (Fsp3) is 0.421. The summed E-state index contributed by atoms with van der Waals surface area (Å²) in [5.41, 5.74) is 1.64. The van der Waals surface area contributed by atoms with E-state index >= 15 is 0 Å². The van der Waals surface area contributed by atoms with E-state index in [2.05, 4.69) is 23.3 Å². The lowest BCUT2D eigenvalue weighted by Gasteiger charge is -2.43. The maximum absolute atomic E-state index is 12.6. The van der Waals surface area contributed by atoms with Gasteiger partial charge in [-0.15, -0.1) is 0 Å². The molecule has 0 aliphatic carbocycles. The number of rotatable bonds is 4. The number of fused-ring (bicyclic) bond motifs is 1. The Labute approximate surface area is 147 Å². The quantitative estimate of drug-likeness (QED) is 0.814. The van der Waals surface area contributed by atoms with E-state index in [0.717, 1.165) is 17.7 Å². The third-order valence-corrected chi connectivity index (χ3v) is 5.17. The molecule has 1 aromatic rings. The summed E-state index contributed by atoms with van der Waals surface area (Å²) in [6.45, 7) is 4.83. The van der Waals surface area contributed by atoms with E-state index in [4.69, 9.17) is 0 Å². The molecule has 0 saturated carbocycles. The van der Waals surface area contributed by atoms with Crippen LogP contribution in [0.5, 0.6) is 0 Å². The average Bonchev–Trinajstić information content (AvgIpc) is 2.63. The van der Waals surface area contributed by atoms with Crippen molar-refractivity contribution in [3.63, 3.8) is 0 Å². The summed E-state index contributed by atoms with van der Waals surface area (Å²) in [5, 5.41) is 5.63. The summed E-state index contributed by atoms with van der Waals surface area (Å²) in [6.07, 6.45) is 3.51. The van der Waals surface area contributed by atoms with Crippen LogP contribution in [0, 0.1) is 5.41 Å². The van der Waals surface area contributed by atoms with Crippen molar-refractivity contribution < 1.29 is 14.4 Å². The van der Waals surface area contributed by atoms with Crippen LogP contribution >= 0.6 is 0 Å². The number of anilines is 1. The van der Waals surface area contributed by atoms with E-state index in [1.165, 1.54) is 6.08 Å². The first-order valence-electron chi connectivity index (χ1n) is 8.61. The van der Waals surface area contributed by atoms with E-state index < -0.39 is 5.41 Å². The van der Waals surface area contributed by atoms with E-state index in [9.17, 15) is 14.4 Å². The van der Waals surface area contributed by atoms with Gasteiger partial charge >= 0.3 is 0 Å². The zero-order valence-corrected chi connectivity index (χ0v) is 14.2. The standard InChI is InChI=1S/C19H23N3O3/c1-2-16(23)20-10-7-17(24)22-11-8-19(9-12-22)13-14-5-3-4-6-15(14)21-18(19)25/h2-6H,1,7-13H2,(H,20,23)(H,21,25). The molecule has 2 N–H and O–H groups in total. The largest absolute Gasteiger partial charge is 0.352 e. The zero-order chi connectivity index (χ0) is 17.9. The molecule has 6 nitrogen and oxygen atoms in total. The number of hydrogen-bond acceptors (Lipinski definition) is 3. The summed E-state index contributed by atoms with van der Waals surface area (Å²) in [6, 6.07) is 7.89. The summed E-state index contributed by atoms with van der Waals surface area (Å²) < 4.78 is 0. The van der Waals surface area contributed by atoms with Gasteiger partial charge in [-0.3, -0.25) is 14.4 Å². The number of carbonyl (C=O) groups excluding carboxylic acids is 3. The normalized spacial score (nSPS) is 18.2. The Kier molecular flexibility index (Phi) is 4.88. The van der Waals surface area contributed by atoms with Crippen LogP contribution in [0.4, 0.5) is 5.69 Å². The molecule has 2 aliphatic rings. The van der Waals surface area contributed by atoms with Crippen molar-refractivity contribution in [1.82, 2.24) is 10.2 Å². The van der Waals surface area contributed by atoms with Gasteiger partial charge in [0, 0.05) is 31.7 Å². The predicted octanol–water partition coefficient (Wildman–Crippen LogP) is 1.48. The van der Waals surface area contributed by atoms with Crippen molar-refractivity contribution in [3.05, 3.63) is 42.5 Å². The molecule has 6 heteroatoms. The lowest BCUT2D eigenvalue weighted by molar-refractivity contribution is -0.138. The minimum absolute atomic E-state index is 0.0100. The minimum Gasteiger partial charge on any atom is -0.352 e. The first kappa shape index (κ1) is 17.2. The van der Waals surface area contributed by atoms with Crippen molar-refractivity contribution in [1.29, 1.82) is 0 Å². The van der Waals surface area contributed by atoms with E-state index in [-0.39, 0.29) is 24.1 Å². The number of amides is 3. The average molecular weight is 341 g/mol. The third-order valence-electron chi connectivity index (χ3n) is 5.17. The first-order valence-corrected chi connectivity index (χ1v) is 8.61. The summed E-state index contributed by atoms with van der Waals surface area (Å²) in [7, 11) is 0. The van der Waals surface area contributed by atoms with Crippen molar-refractivity contribution in [2.75, 3.05) is 25.0 Å². The highest BCUT2D eigenvalue weighted by Crippen LogP contribution is 2.41. The maximum Gasteiger partial charge on any atom is 0.243 e. The molecule has 1 fully saturated rings. The van der Waals surface area contributed by atoms with Crippen LogP contribution in [-0.2, 0) is 20.8 Å². The monoisotopic (exact) mass is 341 g/mol. The molecule has 2 heterocycles. The van der Waals surface area contributed by atoms with Gasteiger partial charge in [-0.05, 0) is 37.0 Å². The van der Waals surface area contributed by atoms with Crippen LogP contribution in [0.2, 0.25) is 0 Å². The van der Waals surface area contributed by atoms with Gasteiger partial charge in [0.05, 0.1) is 5.41 Å². The molecular weight excluding hydrogens is 318 g/mol. The molecule has 0 atom stereocenters. The van der Waals surface area contributed by atoms with E-state index in [1.807, 2.05) is 18.2 Å². The number of carbonyl (C=O) groups is 3. The Morgan fingerprint density at radius 3 is 2.72 bits per heavy atom. The Morgan fingerprint density at radius 2 is 2.00 bits per heavy atom. The first-order chi connectivity index (χ1) is 12.0. The molecule has 0 unspecified atom stereocenters. The molecule has 2 aliphatic heterocycles. The second-order valence-corrected chi connectivity index (χ2v) is 6.69. The smallest absolute Gasteiger partial charge is 0.243 e. The number of likely N-dealkylation sites (tertiary alicyclic amines) is 1. The minimum atomic E-state index is -0.414. The fourth-order valence-electron chi connectivity index (χ4n) is 3.61. The summed E-state index contributed by atoms with van der Waals surface area (Å²) >= 11 is 0. The van der Waals surface area contributed by atoms with Gasteiger partial charge in [0.1, 0.15) is 0 Å². The fourth-order valence-corrected chi connectivity index (χ4v) is 3.61. The SMILES string of the molecule is C=CC(=O)NCCC(=O)N1CCC2(CC1)Cc1ccccc1NC2=O. The van der Waals surface area contributed by atoms with Gasteiger partial charge in [-0.2, -0.15) is 0 Å². The Balaban J connectivity index is 1.56. The van der Waals surface area contributed by atoms with Crippen LogP contribution in [0.25, 0.3) is 0 Å². The van der Waals surface area contributed by atoms with E-state index in [0.29, 0.717) is 32.5 Å². The van der Waals surface area contributed by atoms with Crippen molar-refractivity contribution in [3.8, 4) is 0 Å². The Bertz CT molecular complexity index is 706. The highest BCUT2D eigenvalue weighted by molar-refractivity contribution is 5.98. The van der Waals surface area contributed by atoms with Gasteiger partial charge < -0.3 is 15.5 Å². The molecular formula is C19H23N3O3. The van der Waals surface area contributed by atoms with Crippen LogP contribution in [0.1, 0.15) is 24.8 Å². The van der Waals surface area contributed by atoms with Gasteiger partial charge in [0.25, 0.3) is 0 Å². The molecule has 0 bridgehead atoms. The van der Waals surface area contributed by atoms with E-state index in [1.54, 1.807) is 4.90 Å². The van der Waals surface area contributed by atoms with Crippen molar-refractivity contribution in [2.24, 2.45) is 5.41 Å². The number of para-hydroxylation sites is 1. The molecule has 132 valence electrons. The maximum atomic E-state index is 12.6. The second kappa shape index (κ2) is 7.09. The van der Waals surface area contributed by atoms with Crippen molar-refractivity contribution in [2.45, 2.75) is 25.7 Å². The van der Waals surface area contributed by atoms with Gasteiger partial charge in [0.2, 0.25) is 17.7 Å². The molecule has 1 saturated heterocycles. The summed E-state index contributed by atoms with van der Waals surface area (Å²) in [5.74, 6) is -0.199. The highest BCUT2D eigenvalue weighted by atomic mass is 16.2. The molecule has 0 aromatic heterocycles. The number of benzene rings is 1. The van der Waals surface area contributed by atoms with Crippen LogP contribution < -0.4 is 10.6 Å². The highest BCUT2D eigenvalue weighted by Gasteiger charge is 2.44. The second-order valence-electron chi connectivity index (χ2n) is 6.69. The molecule has 1 spiro atoms. The predicted molar refractivity (Wildman–Crippen MR) is 94.8 cm³/mol. The van der Waals surface area contributed by atoms with Gasteiger partial charge in [-0.25, -0.2) is 0 Å². The Morgan fingerprint density at radius 1 is 1.28 bits per heavy atom. The molecule has 3 rings (SSSR count). The number of piperidine rings is 1. The van der Waals surface area contributed by atoms with Gasteiger partial charge in [-0.1, -0.05) is 24.8 Å². The summed E-state index contributed by atoms with van der Waals surface area (Å²) in [4.78, 5) is 37.8. The Hall–Kier alpha value is -2.63. The zero-order valence-electron chi connectivity index (χ0n) is 14.2. The van der Waals surface area contributed by atoms with Crippen LogP contribution in [0.3, 0.4) is 0 Å². The number of nitrogens with zero attached hydrogens (tertiary/aromatic N) is 1. The van der Waals surface area contributed by atoms with Gasteiger partial charge in [0.15, 0.2) is 0 Å². The number of hydrogen-bond donors (Lipinski definition) is 2. The number of nitrogens with one attached hydrogen (secondary N) is 2. The molecule has 0 radical (unpaired) electrons.